The van der Waals surface area contributed by atoms with E-state index in [4.69, 9.17) is 14.2 Å². The topological polar surface area (TPSA) is 78.9 Å². The Labute approximate surface area is 284 Å². The van der Waals surface area contributed by atoms with Gasteiger partial charge >= 0.3 is 11.9 Å². The van der Waals surface area contributed by atoms with Crippen LogP contribution in [0.2, 0.25) is 0 Å². The molecule has 0 unspecified atom stereocenters. The molecule has 0 aliphatic carbocycles. The fourth-order valence-electron chi connectivity index (χ4n) is 5.36. The Kier molecular flexibility index (Phi) is 14.7. The molecular formula is C42H46O6. The summed E-state index contributed by atoms with van der Waals surface area (Å²) in [5.41, 5.74) is 6.73. The normalized spacial score (nSPS) is 10.7. The van der Waals surface area contributed by atoms with Gasteiger partial charge in [0.25, 0.3) is 0 Å². The van der Waals surface area contributed by atoms with Gasteiger partial charge in [-0.15, -0.1) is 0 Å². The molecule has 0 aliphatic heterocycles. The molecule has 0 atom stereocenters. The first-order chi connectivity index (χ1) is 23.5. The zero-order valence-electron chi connectivity index (χ0n) is 28.0. The Morgan fingerprint density at radius 3 is 1.90 bits per heavy atom. The van der Waals surface area contributed by atoms with Crippen LogP contribution in [0.5, 0.6) is 11.5 Å². The van der Waals surface area contributed by atoms with Crippen molar-refractivity contribution in [3.05, 3.63) is 131 Å². The van der Waals surface area contributed by atoms with Crippen LogP contribution in [-0.2, 0) is 28.8 Å². The molecule has 0 aliphatic rings. The zero-order valence-corrected chi connectivity index (χ0v) is 28.0. The number of aldehydes is 1. The SMILES string of the molecule is C=CC(=O)OCCCCCCOc1ccc(C(=O)Oc2ccc(CCc3ccc(-c4ccc(CCCCC)cc4)cc3)cc2C=O)cc1. The van der Waals surface area contributed by atoms with E-state index in [9.17, 15) is 14.4 Å². The van der Waals surface area contributed by atoms with Crippen molar-refractivity contribution in [3.63, 3.8) is 0 Å². The van der Waals surface area contributed by atoms with Gasteiger partial charge in [0.05, 0.1) is 24.3 Å². The number of unbranched alkanes of at least 4 members (excludes halogenated alkanes) is 5. The Morgan fingerprint density at radius 2 is 1.27 bits per heavy atom. The van der Waals surface area contributed by atoms with Gasteiger partial charge in [-0.1, -0.05) is 80.9 Å². The minimum absolute atomic E-state index is 0.235. The highest BCUT2D eigenvalue weighted by atomic mass is 16.5. The number of benzene rings is 4. The maximum atomic E-state index is 12.8. The predicted molar refractivity (Wildman–Crippen MR) is 191 cm³/mol. The van der Waals surface area contributed by atoms with E-state index in [1.165, 1.54) is 41.5 Å². The van der Waals surface area contributed by atoms with E-state index in [1.54, 1.807) is 36.4 Å². The molecule has 4 rings (SSSR count). The summed E-state index contributed by atoms with van der Waals surface area (Å²) in [6.45, 7) is 6.54. The molecular weight excluding hydrogens is 600 g/mol. The second-order valence-electron chi connectivity index (χ2n) is 11.9. The first-order valence-electron chi connectivity index (χ1n) is 17.0. The second-order valence-corrected chi connectivity index (χ2v) is 11.9. The summed E-state index contributed by atoms with van der Waals surface area (Å²) in [5.74, 6) is -0.0444. The molecule has 0 spiro atoms. The predicted octanol–water partition coefficient (Wildman–Crippen LogP) is 9.57. The van der Waals surface area contributed by atoms with Crippen molar-refractivity contribution in [1.82, 2.24) is 0 Å². The molecule has 0 saturated carbocycles. The fourth-order valence-corrected chi connectivity index (χ4v) is 5.36. The number of hydrogen-bond donors (Lipinski definition) is 0. The fraction of sp³-hybridized carbons (Fsp3) is 0.310. The van der Waals surface area contributed by atoms with Crippen LogP contribution in [0.3, 0.4) is 0 Å². The van der Waals surface area contributed by atoms with Crippen LogP contribution in [0.15, 0.2) is 104 Å². The zero-order chi connectivity index (χ0) is 34.0. The highest BCUT2D eigenvalue weighted by Crippen LogP contribution is 2.24. The van der Waals surface area contributed by atoms with Gasteiger partial charge in [0.1, 0.15) is 11.5 Å². The van der Waals surface area contributed by atoms with E-state index in [1.807, 2.05) is 6.07 Å². The lowest BCUT2D eigenvalue weighted by Gasteiger charge is -2.10. The lowest BCUT2D eigenvalue weighted by atomic mass is 9.98. The summed E-state index contributed by atoms with van der Waals surface area (Å²) in [6, 6.07) is 29.7. The number of rotatable bonds is 20. The third kappa shape index (κ3) is 11.7. The van der Waals surface area contributed by atoms with Crippen molar-refractivity contribution in [2.75, 3.05) is 13.2 Å². The van der Waals surface area contributed by atoms with Crippen molar-refractivity contribution in [2.24, 2.45) is 0 Å². The van der Waals surface area contributed by atoms with E-state index < -0.39 is 11.9 Å². The Hall–Kier alpha value is -4.97. The second kappa shape index (κ2) is 19.6. The van der Waals surface area contributed by atoms with Gasteiger partial charge in [-0.05, 0) is 116 Å². The maximum Gasteiger partial charge on any atom is 0.343 e. The van der Waals surface area contributed by atoms with Crippen molar-refractivity contribution < 1.29 is 28.6 Å². The van der Waals surface area contributed by atoms with Crippen LogP contribution >= 0.6 is 0 Å². The molecule has 0 amide bonds. The third-order valence-corrected chi connectivity index (χ3v) is 8.22. The number of esters is 2. The molecule has 0 saturated heterocycles. The van der Waals surface area contributed by atoms with Gasteiger partial charge in [0, 0.05) is 6.08 Å². The molecule has 0 fully saturated rings. The van der Waals surface area contributed by atoms with E-state index in [0.29, 0.717) is 30.1 Å². The molecule has 0 aromatic heterocycles. The number of carbonyl (C=O) groups excluding carboxylic acids is 3. The number of ether oxygens (including phenoxy) is 3. The molecule has 0 bridgehead atoms. The summed E-state index contributed by atoms with van der Waals surface area (Å²) in [6.07, 6.45) is 11.9. The number of aryl methyl sites for hydroxylation is 3. The molecule has 0 heterocycles. The summed E-state index contributed by atoms with van der Waals surface area (Å²) in [7, 11) is 0. The van der Waals surface area contributed by atoms with Crippen LogP contribution in [0.25, 0.3) is 11.1 Å². The highest BCUT2D eigenvalue weighted by Gasteiger charge is 2.13. The van der Waals surface area contributed by atoms with Crippen molar-refractivity contribution in [1.29, 1.82) is 0 Å². The molecule has 6 nitrogen and oxygen atoms in total. The van der Waals surface area contributed by atoms with Crippen LogP contribution < -0.4 is 9.47 Å². The van der Waals surface area contributed by atoms with Gasteiger partial charge in [0.2, 0.25) is 0 Å². The minimum Gasteiger partial charge on any atom is -0.494 e. The van der Waals surface area contributed by atoms with E-state index in [0.717, 1.165) is 62.9 Å². The van der Waals surface area contributed by atoms with E-state index in [2.05, 4.69) is 62.0 Å². The average Bonchev–Trinajstić information content (AvgIpc) is 3.13. The van der Waals surface area contributed by atoms with E-state index >= 15 is 0 Å². The minimum atomic E-state index is -0.541. The Morgan fingerprint density at radius 1 is 0.667 bits per heavy atom. The van der Waals surface area contributed by atoms with E-state index in [-0.39, 0.29) is 5.75 Å². The number of carbonyl (C=O) groups is 3. The van der Waals surface area contributed by atoms with Crippen LogP contribution in [0.1, 0.15) is 89.3 Å². The molecule has 250 valence electrons. The molecule has 6 heteroatoms. The quantitative estimate of drug-likeness (QED) is 0.0313. The van der Waals surface area contributed by atoms with Gasteiger partial charge in [0.15, 0.2) is 6.29 Å². The monoisotopic (exact) mass is 646 g/mol. The van der Waals surface area contributed by atoms with Gasteiger partial charge in [-0.25, -0.2) is 9.59 Å². The lowest BCUT2D eigenvalue weighted by molar-refractivity contribution is -0.137. The lowest BCUT2D eigenvalue weighted by Crippen LogP contribution is -2.10. The molecule has 0 radical (unpaired) electrons. The van der Waals surface area contributed by atoms with Crippen LogP contribution in [0.4, 0.5) is 0 Å². The third-order valence-electron chi connectivity index (χ3n) is 8.22. The summed E-state index contributed by atoms with van der Waals surface area (Å²) >= 11 is 0. The standard InChI is InChI=1S/C42H46O6/c1-3-5-8-11-32-14-19-35(20-15-32)36-21-16-33(17-22-36)12-13-34-18-27-40(38(30-34)31-43)48-42(45)37-23-25-39(26-24-37)46-28-9-6-7-10-29-47-41(44)4-2/h4,14-27,30-31H,2-3,5-13,28-29H2,1H3. The Balaban J connectivity index is 1.21. The highest BCUT2D eigenvalue weighted by molar-refractivity contribution is 5.92. The van der Waals surface area contributed by atoms with Crippen LogP contribution in [-0.4, -0.2) is 31.4 Å². The molecule has 4 aromatic carbocycles. The first kappa shape index (κ1) is 35.9. The smallest absolute Gasteiger partial charge is 0.343 e. The number of hydrogen-bond acceptors (Lipinski definition) is 6. The Bertz CT molecular complexity index is 1600. The van der Waals surface area contributed by atoms with Gasteiger partial charge in [-0.3, -0.25) is 4.79 Å². The molecule has 0 N–H and O–H groups in total. The summed E-state index contributed by atoms with van der Waals surface area (Å²) in [4.78, 5) is 35.7. The van der Waals surface area contributed by atoms with Gasteiger partial charge < -0.3 is 14.2 Å². The van der Waals surface area contributed by atoms with Gasteiger partial charge in [-0.2, -0.15) is 0 Å². The molecule has 4 aromatic rings. The summed E-state index contributed by atoms with van der Waals surface area (Å²) < 4.78 is 16.3. The van der Waals surface area contributed by atoms with Crippen molar-refractivity contribution in [2.45, 2.75) is 71.1 Å². The van der Waals surface area contributed by atoms with Crippen molar-refractivity contribution >= 4 is 18.2 Å². The average molecular weight is 647 g/mol. The first-order valence-corrected chi connectivity index (χ1v) is 17.0. The van der Waals surface area contributed by atoms with Crippen LogP contribution in [0, 0.1) is 0 Å². The summed E-state index contributed by atoms with van der Waals surface area (Å²) in [5, 5.41) is 0. The molecule has 48 heavy (non-hydrogen) atoms. The maximum absolute atomic E-state index is 12.8. The largest absolute Gasteiger partial charge is 0.494 e. The van der Waals surface area contributed by atoms with Crippen molar-refractivity contribution in [3.8, 4) is 22.6 Å².